The molecule has 110 valence electrons. The fraction of sp³-hybridized carbons (Fsp3) is 0.615. The van der Waals surface area contributed by atoms with Gasteiger partial charge in [-0.1, -0.05) is 18.3 Å². The molecule has 0 radical (unpaired) electrons. The minimum absolute atomic E-state index is 0.0174. The van der Waals surface area contributed by atoms with E-state index in [9.17, 15) is 14.9 Å². The number of carbonyl (C=O) groups is 1. The Labute approximate surface area is 121 Å². The molecule has 1 amide bonds. The number of thiophene rings is 1. The highest BCUT2D eigenvalue weighted by molar-refractivity contribution is 7.13. The van der Waals surface area contributed by atoms with Crippen molar-refractivity contribution in [3.05, 3.63) is 27.1 Å². The van der Waals surface area contributed by atoms with Gasteiger partial charge >= 0.3 is 5.00 Å². The number of rotatable bonds is 6. The summed E-state index contributed by atoms with van der Waals surface area (Å²) in [6.45, 7) is 4.39. The Kier molecular flexibility index (Phi) is 5.08. The summed E-state index contributed by atoms with van der Waals surface area (Å²) < 4.78 is 0. The Morgan fingerprint density at radius 2 is 2.45 bits per heavy atom. The molecule has 1 aromatic heterocycles. The van der Waals surface area contributed by atoms with Crippen molar-refractivity contribution in [2.24, 2.45) is 0 Å². The van der Waals surface area contributed by atoms with Crippen molar-refractivity contribution >= 4 is 22.2 Å². The largest absolute Gasteiger partial charge is 0.337 e. The van der Waals surface area contributed by atoms with Gasteiger partial charge in [0.1, 0.15) is 0 Å². The zero-order chi connectivity index (χ0) is 14.5. The van der Waals surface area contributed by atoms with Crippen molar-refractivity contribution in [1.82, 2.24) is 10.2 Å². The lowest BCUT2D eigenvalue weighted by atomic mass is 10.2. The zero-order valence-corrected chi connectivity index (χ0v) is 12.3. The lowest BCUT2D eigenvalue weighted by Crippen LogP contribution is -2.41. The molecule has 1 unspecified atom stereocenters. The molecule has 2 rings (SSSR count). The lowest BCUT2D eigenvalue weighted by molar-refractivity contribution is -0.380. The first-order valence-electron chi connectivity index (χ1n) is 6.87. The molecule has 0 saturated carbocycles. The molecule has 1 aliphatic heterocycles. The predicted molar refractivity (Wildman–Crippen MR) is 78.2 cm³/mol. The van der Waals surface area contributed by atoms with Crippen molar-refractivity contribution in [1.29, 1.82) is 0 Å². The van der Waals surface area contributed by atoms with E-state index >= 15 is 0 Å². The quantitative estimate of drug-likeness (QED) is 0.645. The predicted octanol–water partition coefficient (Wildman–Crippen LogP) is 2.26. The average molecular weight is 297 g/mol. The van der Waals surface area contributed by atoms with Crippen LogP contribution in [0.3, 0.4) is 0 Å². The van der Waals surface area contributed by atoms with Crippen LogP contribution >= 0.6 is 11.3 Å². The van der Waals surface area contributed by atoms with Crippen LogP contribution in [0.15, 0.2) is 11.4 Å². The SMILES string of the molecule is CCCN(CC1CCCN1)C(=O)c1csc([N+](=O)[O-])c1. The molecule has 1 fully saturated rings. The molecule has 1 N–H and O–H groups in total. The fourth-order valence-corrected chi connectivity index (χ4v) is 3.14. The van der Waals surface area contributed by atoms with Crippen molar-refractivity contribution in [2.75, 3.05) is 19.6 Å². The first kappa shape index (κ1) is 14.9. The van der Waals surface area contributed by atoms with Gasteiger partial charge in [0, 0.05) is 30.6 Å². The van der Waals surface area contributed by atoms with Gasteiger partial charge in [-0.05, 0) is 25.8 Å². The third-order valence-electron chi connectivity index (χ3n) is 3.40. The minimum atomic E-state index is -0.454. The maximum Gasteiger partial charge on any atom is 0.324 e. The van der Waals surface area contributed by atoms with E-state index in [1.54, 1.807) is 10.3 Å². The van der Waals surface area contributed by atoms with E-state index in [4.69, 9.17) is 0 Å². The maximum atomic E-state index is 12.4. The summed E-state index contributed by atoms with van der Waals surface area (Å²) in [5.74, 6) is -0.107. The smallest absolute Gasteiger partial charge is 0.324 e. The van der Waals surface area contributed by atoms with E-state index in [0.717, 1.165) is 37.1 Å². The van der Waals surface area contributed by atoms with Gasteiger partial charge in [-0.15, -0.1) is 0 Å². The Bertz CT molecular complexity index is 483. The topological polar surface area (TPSA) is 75.5 Å². The Morgan fingerprint density at radius 1 is 1.65 bits per heavy atom. The first-order chi connectivity index (χ1) is 9.61. The molecule has 6 nitrogen and oxygen atoms in total. The normalized spacial score (nSPS) is 18.1. The summed E-state index contributed by atoms with van der Waals surface area (Å²) in [7, 11) is 0. The molecule has 7 heteroatoms. The van der Waals surface area contributed by atoms with E-state index < -0.39 is 4.92 Å². The van der Waals surface area contributed by atoms with E-state index in [0.29, 0.717) is 24.7 Å². The highest BCUT2D eigenvalue weighted by Crippen LogP contribution is 2.24. The summed E-state index contributed by atoms with van der Waals surface area (Å²) in [5, 5.41) is 15.7. The second kappa shape index (κ2) is 6.81. The van der Waals surface area contributed by atoms with Crippen LogP contribution in [0.1, 0.15) is 36.5 Å². The summed E-state index contributed by atoms with van der Waals surface area (Å²) >= 11 is 1.00. The van der Waals surface area contributed by atoms with Crippen LogP contribution < -0.4 is 5.32 Å². The van der Waals surface area contributed by atoms with Crippen LogP contribution in [0, 0.1) is 10.1 Å². The summed E-state index contributed by atoms with van der Waals surface area (Å²) in [4.78, 5) is 24.5. The number of carbonyl (C=O) groups excluding carboxylic acids is 1. The van der Waals surface area contributed by atoms with E-state index in [1.165, 1.54) is 6.07 Å². The second-order valence-corrected chi connectivity index (χ2v) is 5.86. The molecule has 0 aliphatic carbocycles. The minimum Gasteiger partial charge on any atom is -0.337 e. The molecule has 0 bridgehead atoms. The van der Waals surface area contributed by atoms with Crippen LogP contribution in [-0.4, -0.2) is 41.4 Å². The number of nitrogens with zero attached hydrogens (tertiary/aromatic N) is 2. The lowest BCUT2D eigenvalue weighted by Gasteiger charge is -2.25. The monoisotopic (exact) mass is 297 g/mol. The highest BCUT2D eigenvalue weighted by atomic mass is 32.1. The van der Waals surface area contributed by atoms with E-state index in [-0.39, 0.29) is 10.9 Å². The van der Waals surface area contributed by atoms with Gasteiger partial charge in [-0.25, -0.2) is 0 Å². The Balaban J connectivity index is 2.06. The molecule has 0 aromatic carbocycles. The number of nitrogens with one attached hydrogen (secondary N) is 1. The third-order valence-corrected chi connectivity index (χ3v) is 4.28. The van der Waals surface area contributed by atoms with Crippen molar-refractivity contribution in [3.8, 4) is 0 Å². The summed E-state index contributed by atoms with van der Waals surface area (Å²) in [6.07, 6.45) is 3.10. The van der Waals surface area contributed by atoms with Gasteiger partial charge in [0.15, 0.2) is 0 Å². The molecule has 1 atom stereocenters. The van der Waals surface area contributed by atoms with Crippen LogP contribution in [0.5, 0.6) is 0 Å². The first-order valence-corrected chi connectivity index (χ1v) is 7.75. The molecule has 2 heterocycles. The van der Waals surface area contributed by atoms with Gasteiger partial charge in [-0.3, -0.25) is 14.9 Å². The van der Waals surface area contributed by atoms with E-state index in [2.05, 4.69) is 5.32 Å². The number of amides is 1. The standard InChI is InChI=1S/C13H19N3O3S/c1-2-6-15(8-11-4-3-5-14-11)13(17)10-7-12(16(18)19)20-9-10/h7,9,11,14H,2-6,8H2,1H3. The van der Waals surface area contributed by atoms with Gasteiger partial charge in [-0.2, -0.15) is 0 Å². The van der Waals surface area contributed by atoms with Crippen LogP contribution in [-0.2, 0) is 0 Å². The van der Waals surface area contributed by atoms with Gasteiger partial charge in [0.25, 0.3) is 5.91 Å². The molecule has 0 spiro atoms. The number of hydrogen-bond donors (Lipinski definition) is 1. The molecule has 1 aliphatic rings. The molecule has 1 saturated heterocycles. The van der Waals surface area contributed by atoms with Crippen molar-refractivity contribution in [3.63, 3.8) is 0 Å². The average Bonchev–Trinajstić information content (AvgIpc) is 3.08. The maximum absolute atomic E-state index is 12.4. The van der Waals surface area contributed by atoms with Crippen molar-refractivity contribution in [2.45, 2.75) is 32.2 Å². The Hall–Kier alpha value is -1.47. The molecular weight excluding hydrogens is 278 g/mol. The number of hydrogen-bond acceptors (Lipinski definition) is 5. The van der Waals surface area contributed by atoms with Crippen LogP contribution in [0.4, 0.5) is 5.00 Å². The summed E-state index contributed by atoms with van der Waals surface area (Å²) in [5.41, 5.74) is 0.424. The third kappa shape index (κ3) is 3.55. The fourth-order valence-electron chi connectivity index (χ4n) is 2.44. The van der Waals surface area contributed by atoms with Crippen LogP contribution in [0.2, 0.25) is 0 Å². The zero-order valence-electron chi connectivity index (χ0n) is 11.5. The highest BCUT2D eigenvalue weighted by Gasteiger charge is 2.24. The molecule has 1 aromatic rings. The van der Waals surface area contributed by atoms with Gasteiger partial charge in [0.2, 0.25) is 0 Å². The molecule has 20 heavy (non-hydrogen) atoms. The van der Waals surface area contributed by atoms with Crippen LogP contribution in [0.25, 0.3) is 0 Å². The Morgan fingerprint density at radius 3 is 3.00 bits per heavy atom. The number of nitro groups is 1. The van der Waals surface area contributed by atoms with Gasteiger partial charge < -0.3 is 10.2 Å². The second-order valence-electron chi connectivity index (χ2n) is 4.98. The molecular formula is C13H19N3O3S. The van der Waals surface area contributed by atoms with Crippen molar-refractivity contribution < 1.29 is 9.72 Å². The van der Waals surface area contributed by atoms with E-state index in [1.807, 2.05) is 6.92 Å². The summed E-state index contributed by atoms with van der Waals surface area (Å²) in [6, 6.07) is 1.72. The van der Waals surface area contributed by atoms with Gasteiger partial charge in [0.05, 0.1) is 10.5 Å².